The van der Waals surface area contributed by atoms with E-state index in [4.69, 9.17) is 5.73 Å². The second-order valence-electron chi connectivity index (χ2n) is 3.37. The van der Waals surface area contributed by atoms with Crippen LogP contribution in [0.15, 0.2) is 16.6 Å². The molecule has 0 fully saturated rings. The molecular formula is C10H12BrN3. The number of rotatable bonds is 1. The minimum atomic E-state index is 0.546. The van der Waals surface area contributed by atoms with Gasteiger partial charge in [-0.05, 0) is 24.6 Å². The molecule has 3 nitrogen and oxygen atoms in total. The van der Waals surface area contributed by atoms with E-state index in [0.717, 1.165) is 15.6 Å². The fourth-order valence-corrected chi connectivity index (χ4v) is 2.04. The van der Waals surface area contributed by atoms with Crippen molar-refractivity contribution >= 4 is 26.8 Å². The Hall–Kier alpha value is -0.870. The monoisotopic (exact) mass is 253 g/mol. The Balaban J connectivity index is 2.80. The summed E-state index contributed by atoms with van der Waals surface area (Å²) in [6.45, 7) is 2.61. The molecule has 4 heteroatoms. The second-order valence-corrected chi connectivity index (χ2v) is 4.23. The van der Waals surface area contributed by atoms with Crippen LogP contribution in [0, 0.1) is 6.92 Å². The quantitative estimate of drug-likeness (QED) is 0.846. The average Bonchev–Trinajstić information content (AvgIpc) is 2.41. The van der Waals surface area contributed by atoms with E-state index >= 15 is 0 Å². The van der Waals surface area contributed by atoms with Crippen LogP contribution in [0.4, 0.5) is 0 Å². The first-order valence-electron chi connectivity index (χ1n) is 4.45. The summed E-state index contributed by atoms with van der Waals surface area (Å²) in [7, 11) is 1.95. The van der Waals surface area contributed by atoms with Crippen molar-refractivity contribution < 1.29 is 0 Å². The summed E-state index contributed by atoms with van der Waals surface area (Å²) in [5, 5.41) is 5.57. The van der Waals surface area contributed by atoms with Gasteiger partial charge in [-0.2, -0.15) is 5.10 Å². The number of hydrogen-bond acceptors (Lipinski definition) is 2. The lowest BCUT2D eigenvalue weighted by atomic mass is 10.1. The van der Waals surface area contributed by atoms with Crippen molar-refractivity contribution in [3.63, 3.8) is 0 Å². The molecule has 14 heavy (non-hydrogen) atoms. The third-order valence-electron chi connectivity index (χ3n) is 2.52. The van der Waals surface area contributed by atoms with Gasteiger partial charge in [0.1, 0.15) is 0 Å². The Morgan fingerprint density at radius 3 is 2.86 bits per heavy atom. The molecule has 0 aliphatic heterocycles. The molecule has 0 radical (unpaired) electrons. The lowest BCUT2D eigenvalue weighted by Gasteiger charge is -2.00. The van der Waals surface area contributed by atoms with Gasteiger partial charge in [-0.3, -0.25) is 4.68 Å². The van der Waals surface area contributed by atoms with Crippen LogP contribution in [-0.2, 0) is 13.6 Å². The SMILES string of the molecule is Cc1c2cc(CN)c(Br)cc2nn1C. The number of benzene rings is 1. The van der Waals surface area contributed by atoms with E-state index in [-0.39, 0.29) is 0 Å². The number of nitrogens with two attached hydrogens (primary N) is 1. The van der Waals surface area contributed by atoms with Crippen LogP contribution in [0.25, 0.3) is 10.9 Å². The Labute approximate surface area is 91.0 Å². The Bertz CT molecular complexity index is 488. The molecule has 1 aromatic heterocycles. The van der Waals surface area contributed by atoms with E-state index in [2.05, 4.69) is 34.0 Å². The average molecular weight is 254 g/mol. The van der Waals surface area contributed by atoms with Gasteiger partial charge >= 0.3 is 0 Å². The van der Waals surface area contributed by atoms with Gasteiger partial charge in [0, 0.05) is 29.1 Å². The van der Waals surface area contributed by atoms with Crippen molar-refractivity contribution in [3.05, 3.63) is 27.9 Å². The van der Waals surface area contributed by atoms with E-state index in [0.29, 0.717) is 6.54 Å². The zero-order chi connectivity index (χ0) is 10.3. The van der Waals surface area contributed by atoms with Crippen molar-refractivity contribution in [3.8, 4) is 0 Å². The Morgan fingerprint density at radius 1 is 1.50 bits per heavy atom. The molecule has 0 unspecified atom stereocenters. The first-order chi connectivity index (χ1) is 6.63. The molecule has 0 atom stereocenters. The lowest BCUT2D eigenvalue weighted by molar-refractivity contribution is 0.751. The molecule has 0 saturated carbocycles. The van der Waals surface area contributed by atoms with Gasteiger partial charge in [0.15, 0.2) is 0 Å². The van der Waals surface area contributed by atoms with E-state index < -0.39 is 0 Å². The maximum atomic E-state index is 5.64. The molecule has 2 aromatic rings. The molecule has 2 rings (SSSR count). The molecule has 0 bridgehead atoms. The number of halogens is 1. The highest BCUT2D eigenvalue weighted by Gasteiger charge is 2.07. The van der Waals surface area contributed by atoms with Crippen LogP contribution in [-0.4, -0.2) is 9.78 Å². The van der Waals surface area contributed by atoms with Crippen LogP contribution in [0.5, 0.6) is 0 Å². The molecule has 0 amide bonds. The number of hydrogen-bond donors (Lipinski definition) is 1. The molecule has 0 aliphatic carbocycles. The lowest BCUT2D eigenvalue weighted by Crippen LogP contribution is -1.97. The highest BCUT2D eigenvalue weighted by atomic mass is 79.9. The highest BCUT2D eigenvalue weighted by Crippen LogP contribution is 2.25. The van der Waals surface area contributed by atoms with Crippen LogP contribution in [0.3, 0.4) is 0 Å². The van der Waals surface area contributed by atoms with E-state index in [1.54, 1.807) is 0 Å². The van der Waals surface area contributed by atoms with Crippen molar-refractivity contribution in [1.29, 1.82) is 0 Å². The predicted molar refractivity (Wildman–Crippen MR) is 61.0 cm³/mol. The molecule has 0 saturated heterocycles. The zero-order valence-corrected chi connectivity index (χ0v) is 9.80. The fraction of sp³-hybridized carbons (Fsp3) is 0.300. The van der Waals surface area contributed by atoms with Crippen molar-refractivity contribution in [1.82, 2.24) is 9.78 Å². The third-order valence-corrected chi connectivity index (χ3v) is 3.26. The summed E-state index contributed by atoms with van der Waals surface area (Å²) >= 11 is 3.48. The molecule has 0 spiro atoms. The maximum absolute atomic E-state index is 5.64. The van der Waals surface area contributed by atoms with Gasteiger partial charge in [-0.1, -0.05) is 15.9 Å². The zero-order valence-electron chi connectivity index (χ0n) is 8.21. The standard InChI is InChI=1S/C10H12BrN3/c1-6-8-3-7(5-12)9(11)4-10(8)13-14(6)2/h3-4H,5,12H2,1-2H3. The summed E-state index contributed by atoms with van der Waals surface area (Å²) in [5.41, 5.74) is 8.94. The van der Waals surface area contributed by atoms with Gasteiger partial charge in [0.05, 0.1) is 5.52 Å². The van der Waals surface area contributed by atoms with Gasteiger partial charge in [-0.25, -0.2) is 0 Å². The van der Waals surface area contributed by atoms with Crippen LogP contribution >= 0.6 is 15.9 Å². The number of nitrogens with zero attached hydrogens (tertiary/aromatic N) is 2. The maximum Gasteiger partial charge on any atom is 0.0937 e. The smallest absolute Gasteiger partial charge is 0.0937 e. The number of aromatic nitrogens is 2. The van der Waals surface area contributed by atoms with Crippen LogP contribution < -0.4 is 5.73 Å². The van der Waals surface area contributed by atoms with Gasteiger partial charge in [-0.15, -0.1) is 0 Å². The largest absolute Gasteiger partial charge is 0.326 e. The van der Waals surface area contributed by atoms with Gasteiger partial charge in [0.25, 0.3) is 0 Å². The van der Waals surface area contributed by atoms with Crippen LogP contribution in [0.1, 0.15) is 11.3 Å². The van der Waals surface area contributed by atoms with Gasteiger partial charge in [0.2, 0.25) is 0 Å². The topological polar surface area (TPSA) is 43.8 Å². The summed E-state index contributed by atoms with van der Waals surface area (Å²) < 4.78 is 2.92. The molecular weight excluding hydrogens is 242 g/mol. The van der Waals surface area contributed by atoms with Crippen molar-refractivity contribution in [2.24, 2.45) is 12.8 Å². The fourth-order valence-electron chi connectivity index (χ4n) is 1.55. The van der Waals surface area contributed by atoms with Gasteiger partial charge < -0.3 is 5.73 Å². The molecule has 74 valence electrons. The number of fused-ring (bicyclic) bond motifs is 1. The number of aryl methyl sites for hydroxylation is 2. The summed E-state index contributed by atoms with van der Waals surface area (Å²) in [4.78, 5) is 0. The van der Waals surface area contributed by atoms with E-state index in [1.807, 2.05) is 17.8 Å². The minimum Gasteiger partial charge on any atom is -0.326 e. The van der Waals surface area contributed by atoms with E-state index in [9.17, 15) is 0 Å². The van der Waals surface area contributed by atoms with Crippen LogP contribution in [0.2, 0.25) is 0 Å². The normalized spacial score (nSPS) is 11.1. The van der Waals surface area contributed by atoms with Crippen molar-refractivity contribution in [2.45, 2.75) is 13.5 Å². The molecule has 2 N–H and O–H groups in total. The summed E-state index contributed by atoms with van der Waals surface area (Å²) in [5.74, 6) is 0. The summed E-state index contributed by atoms with van der Waals surface area (Å²) in [6, 6.07) is 4.12. The Morgan fingerprint density at radius 2 is 2.21 bits per heavy atom. The van der Waals surface area contributed by atoms with Crippen molar-refractivity contribution in [2.75, 3.05) is 0 Å². The Kier molecular flexibility index (Phi) is 2.33. The predicted octanol–water partition coefficient (Wildman–Crippen LogP) is 2.10. The molecule has 1 aromatic carbocycles. The molecule has 0 aliphatic rings. The second kappa shape index (κ2) is 3.37. The first kappa shape index (κ1) is 9.68. The molecule has 1 heterocycles. The summed E-state index contributed by atoms with van der Waals surface area (Å²) in [6.07, 6.45) is 0. The first-order valence-corrected chi connectivity index (χ1v) is 5.24. The highest BCUT2D eigenvalue weighted by molar-refractivity contribution is 9.10. The van der Waals surface area contributed by atoms with E-state index in [1.165, 1.54) is 11.1 Å². The third kappa shape index (κ3) is 1.35. The minimum absolute atomic E-state index is 0.546.